The maximum atomic E-state index is 13.7. The third kappa shape index (κ3) is 5.05. The minimum absolute atomic E-state index is 0.0292. The van der Waals surface area contributed by atoms with E-state index in [4.69, 9.17) is 0 Å². The Balaban J connectivity index is 1.73. The number of likely N-dealkylation sites (N-methyl/N-ethyl adjacent to an activating group) is 1. The first-order valence-electron chi connectivity index (χ1n) is 11.6. The Bertz CT molecular complexity index is 1350. The highest BCUT2D eigenvalue weighted by Gasteiger charge is 2.29. The van der Waals surface area contributed by atoms with Crippen LogP contribution in [0.4, 0.5) is 10.1 Å². The third-order valence-corrected chi connectivity index (χ3v) is 8.29. The zero-order valence-electron chi connectivity index (χ0n) is 20.1. The van der Waals surface area contributed by atoms with Gasteiger partial charge < -0.3 is 20.3 Å². The van der Waals surface area contributed by atoms with E-state index < -0.39 is 33.9 Å². The standard InChI is InChI=1S/C25H31FN4O4S/c1-4-17-15-30-8-9-35(33,34)29(3)22-13-18(12-20(17)24(22)30)25(32)28-21(23(31)14-27-2)11-16-6-5-7-19(26)10-16/h5-7,10,12-13,15,21,23,27,31H,4,8-9,11,14H2,1-3H3,(H,28,32)/t21-,23+/m0/s1. The molecule has 3 N–H and O–H groups in total. The van der Waals surface area contributed by atoms with Crippen LogP contribution in [0.5, 0.6) is 0 Å². The summed E-state index contributed by atoms with van der Waals surface area (Å²) in [6, 6.07) is 8.71. The summed E-state index contributed by atoms with van der Waals surface area (Å²) in [4.78, 5) is 13.4. The van der Waals surface area contributed by atoms with Gasteiger partial charge in [0.1, 0.15) is 5.82 Å². The summed E-state index contributed by atoms with van der Waals surface area (Å²) >= 11 is 0. The SMILES string of the molecule is CCc1cn2c3c(cc(C(=O)N[C@@H](Cc4cccc(F)c4)[C@H](O)CNC)cc13)N(C)S(=O)(=O)CC2. The van der Waals surface area contributed by atoms with Gasteiger partial charge in [-0.2, -0.15) is 0 Å². The molecule has 10 heteroatoms. The number of amides is 1. The van der Waals surface area contributed by atoms with Gasteiger partial charge in [0.15, 0.2) is 0 Å². The van der Waals surface area contributed by atoms with Crippen molar-refractivity contribution in [1.29, 1.82) is 0 Å². The Kier molecular flexibility index (Phi) is 7.16. The summed E-state index contributed by atoms with van der Waals surface area (Å²) in [7, 11) is -0.338. The zero-order chi connectivity index (χ0) is 25.3. The van der Waals surface area contributed by atoms with E-state index in [2.05, 4.69) is 10.6 Å². The smallest absolute Gasteiger partial charge is 0.251 e. The fourth-order valence-corrected chi connectivity index (χ4v) is 5.76. The van der Waals surface area contributed by atoms with Crippen LogP contribution in [0.2, 0.25) is 0 Å². The number of aromatic nitrogens is 1. The molecule has 4 rings (SSSR count). The van der Waals surface area contributed by atoms with E-state index in [1.807, 2.05) is 17.7 Å². The van der Waals surface area contributed by atoms with Crippen LogP contribution >= 0.6 is 0 Å². The highest BCUT2D eigenvalue weighted by Crippen LogP contribution is 2.35. The van der Waals surface area contributed by atoms with Gasteiger partial charge >= 0.3 is 0 Å². The lowest BCUT2D eigenvalue weighted by atomic mass is 9.99. The molecule has 0 fully saturated rings. The number of aryl methyl sites for hydroxylation is 2. The Morgan fingerprint density at radius 3 is 2.71 bits per heavy atom. The molecule has 8 nitrogen and oxygen atoms in total. The maximum absolute atomic E-state index is 13.7. The number of hydrogen-bond donors (Lipinski definition) is 3. The number of benzene rings is 2. The van der Waals surface area contributed by atoms with E-state index in [9.17, 15) is 22.7 Å². The summed E-state index contributed by atoms with van der Waals surface area (Å²) in [5.41, 5.74) is 3.19. The molecule has 1 aliphatic rings. The number of rotatable bonds is 8. The summed E-state index contributed by atoms with van der Waals surface area (Å²) in [6.07, 6.45) is 1.99. The molecule has 188 valence electrons. The van der Waals surface area contributed by atoms with Crippen LogP contribution < -0.4 is 14.9 Å². The molecule has 0 unspecified atom stereocenters. The lowest BCUT2D eigenvalue weighted by Crippen LogP contribution is -2.48. The molecule has 35 heavy (non-hydrogen) atoms. The van der Waals surface area contributed by atoms with Crippen molar-refractivity contribution in [3.05, 3.63) is 65.1 Å². The quantitative estimate of drug-likeness (QED) is 0.438. The minimum Gasteiger partial charge on any atom is -0.390 e. The van der Waals surface area contributed by atoms with Crippen molar-refractivity contribution in [2.24, 2.45) is 0 Å². The predicted octanol–water partition coefficient (Wildman–Crippen LogP) is 2.04. The van der Waals surface area contributed by atoms with Crippen molar-refractivity contribution >= 4 is 32.5 Å². The highest BCUT2D eigenvalue weighted by atomic mass is 32.2. The largest absolute Gasteiger partial charge is 0.390 e. The van der Waals surface area contributed by atoms with Gasteiger partial charge in [-0.15, -0.1) is 0 Å². The van der Waals surface area contributed by atoms with E-state index in [0.29, 0.717) is 23.4 Å². The highest BCUT2D eigenvalue weighted by molar-refractivity contribution is 7.92. The lowest BCUT2D eigenvalue weighted by molar-refractivity contribution is 0.0834. The summed E-state index contributed by atoms with van der Waals surface area (Å²) in [6.45, 7) is 2.59. The van der Waals surface area contributed by atoms with Crippen LogP contribution in [-0.4, -0.2) is 62.5 Å². The second kappa shape index (κ2) is 9.96. The Morgan fingerprint density at radius 1 is 1.26 bits per heavy atom. The zero-order valence-corrected chi connectivity index (χ0v) is 20.9. The molecule has 2 aromatic carbocycles. The fraction of sp³-hybridized carbons (Fsp3) is 0.400. The van der Waals surface area contributed by atoms with Gasteiger partial charge in [-0.05, 0) is 55.3 Å². The first kappa shape index (κ1) is 25.2. The topological polar surface area (TPSA) is 104 Å². The Hall–Kier alpha value is -2.95. The van der Waals surface area contributed by atoms with Crippen molar-refractivity contribution in [2.75, 3.05) is 30.7 Å². The molecular formula is C25H31FN4O4S. The summed E-state index contributed by atoms with van der Waals surface area (Å²) < 4.78 is 42.4. The maximum Gasteiger partial charge on any atom is 0.251 e. The van der Waals surface area contributed by atoms with Crippen molar-refractivity contribution in [3.8, 4) is 0 Å². The van der Waals surface area contributed by atoms with Crippen molar-refractivity contribution < 1.29 is 22.7 Å². The number of carbonyl (C=O) groups is 1. The predicted molar refractivity (Wildman–Crippen MR) is 135 cm³/mol. The van der Waals surface area contributed by atoms with Gasteiger partial charge in [-0.25, -0.2) is 12.8 Å². The second-order valence-corrected chi connectivity index (χ2v) is 11.0. The molecule has 0 radical (unpaired) electrons. The number of nitrogens with one attached hydrogen (secondary N) is 2. The number of anilines is 1. The monoisotopic (exact) mass is 502 g/mol. The molecule has 2 heterocycles. The van der Waals surface area contributed by atoms with Gasteiger partial charge in [0.25, 0.3) is 5.91 Å². The van der Waals surface area contributed by atoms with E-state index in [1.54, 1.807) is 31.3 Å². The van der Waals surface area contributed by atoms with Gasteiger partial charge in [-0.1, -0.05) is 19.1 Å². The van der Waals surface area contributed by atoms with E-state index in [-0.39, 0.29) is 18.7 Å². The fourth-order valence-electron chi connectivity index (χ4n) is 4.62. The molecule has 0 aliphatic carbocycles. The number of halogens is 1. The lowest BCUT2D eigenvalue weighted by Gasteiger charge is -2.25. The van der Waals surface area contributed by atoms with Crippen molar-refractivity contribution in [3.63, 3.8) is 0 Å². The van der Waals surface area contributed by atoms with E-state index in [1.165, 1.54) is 23.5 Å². The van der Waals surface area contributed by atoms with Crippen LogP contribution in [0.3, 0.4) is 0 Å². The summed E-state index contributed by atoms with van der Waals surface area (Å²) in [5, 5.41) is 17.3. The van der Waals surface area contributed by atoms with Crippen LogP contribution in [-0.2, 0) is 29.4 Å². The molecule has 1 aromatic heterocycles. The molecule has 2 atom stereocenters. The van der Waals surface area contributed by atoms with Crippen molar-refractivity contribution in [2.45, 2.75) is 38.5 Å². The van der Waals surface area contributed by atoms with Gasteiger partial charge in [0.2, 0.25) is 10.0 Å². The third-order valence-electron chi connectivity index (χ3n) is 6.56. The minimum atomic E-state index is -3.54. The summed E-state index contributed by atoms with van der Waals surface area (Å²) in [5.74, 6) is -0.861. The Morgan fingerprint density at radius 2 is 2.03 bits per heavy atom. The second-order valence-electron chi connectivity index (χ2n) is 8.92. The van der Waals surface area contributed by atoms with Crippen LogP contribution in [0, 0.1) is 5.82 Å². The first-order valence-corrected chi connectivity index (χ1v) is 13.3. The van der Waals surface area contributed by atoms with Gasteiger partial charge in [0.05, 0.1) is 29.1 Å². The molecular weight excluding hydrogens is 471 g/mol. The number of hydrogen-bond acceptors (Lipinski definition) is 5. The number of nitrogens with zero attached hydrogens (tertiary/aromatic N) is 2. The van der Waals surface area contributed by atoms with Crippen LogP contribution in [0.15, 0.2) is 42.6 Å². The van der Waals surface area contributed by atoms with Crippen LogP contribution in [0.1, 0.15) is 28.4 Å². The normalized spacial score (nSPS) is 16.7. The Labute approximate surface area is 204 Å². The van der Waals surface area contributed by atoms with Crippen molar-refractivity contribution in [1.82, 2.24) is 15.2 Å². The van der Waals surface area contributed by atoms with Gasteiger partial charge in [0, 0.05) is 37.3 Å². The molecule has 1 amide bonds. The molecule has 0 bridgehead atoms. The van der Waals surface area contributed by atoms with E-state index >= 15 is 0 Å². The molecule has 3 aromatic rings. The molecule has 0 saturated carbocycles. The molecule has 0 spiro atoms. The number of aliphatic hydroxyl groups is 1. The average molecular weight is 503 g/mol. The first-order chi connectivity index (χ1) is 16.6. The number of sulfonamides is 1. The van der Waals surface area contributed by atoms with Gasteiger partial charge in [-0.3, -0.25) is 9.10 Å². The van der Waals surface area contributed by atoms with E-state index in [0.717, 1.165) is 22.9 Å². The van der Waals surface area contributed by atoms with Crippen LogP contribution in [0.25, 0.3) is 10.9 Å². The molecule has 1 aliphatic heterocycles. The molecule has 0 saturated heterocycles. The number of aliphatic hydroxyl groups excluding tert-OH is 1. The average Bonchev–Trinajstić information content (AvgIpc) is 3.15. The number of carbonyl (C=O) groups excluding carboxylic acids is 1.